The molecular weight excluding hydrogens is 539 g/mol. The molecule has 1 aliphatic heterocycles. The van der Waals surface area contributed by atoms with Crippen LogP contribution in [0.2, 0.25) is 0 Å². The van der Waals surface area contributed by atoms with E-state index in [4.69, 9.17) is 19.4 Å². The van der Waals surface area contributed by atoms with Crippen LogP contribution in [0.3, 0.4) is 0 Å². The van der Waals surface area contributed by atoms with Crippen LogP contribution in [0.25, 0.3) is 0 Å². The van der Waals surface area contributed by atoms with E-state index in [2.05, 4.69) is 13.1 Å². The monoisotopic (exact) mass is 556 g/mol. The predicted octanol–water partition coefficient (Wildman–Crippen LogP) is -0.872. The Balaban J connectivity index is 2.32. The molecule has 0 amide bonds. The Morgan fingerprint density at radius 2 is 1.82 bits per heavy atom. The molecule has 0 aromatic carbocycles. The number of hydrogen-bond donors (Lipinski definition) is 6. The van der Waals surface area contributed by atoms with E-state index in [9.17, 15) is 37.7 Å². The lowest BCUT2D eigenvalue weighted by atomic mass is 9.96. The van der Waals surface area contributed by atoms with Crippen molar-refractivity contribution in [2.24, 2.45) is 0 Å². The standard InChI is InChI=1S/C13H17F2N2O14P3/c1-7-5-9(18)16-12(20)17(7)11-13(15,3-2-4-14)10(19)8(29-11)6-28-33(24,25)31-34(26,27)30-32(21,22)23/h5,8,10-11,19H,4,6H2,1H3,(H,24,25)(H,26,27)(H,16,18,20)(H2,21,22,23)/t8?,10?,11-,13-/m1/s1. The molecule has 1 aliphatic rings. The lowest BCUT2D eigenvalue weighted by Crippen LogP contribution is -2.46. The summed E-state index contributed by atoms with van der Waals surface area (Å²) in [6.07, 6.45) is -6.48. The Kier molecular flexibility index (Phi) is 8.60. The van der Waals surface area contributed by atoms with Crippen LogP contribution < -0.4 is 11.2 Å². The fourth-order valence-electron chi connectivity index (χ4n) is 2.82. The van der Waals surface area contributed by atoms with Gasteiger partial charge < -0.3 is 29.4 Å². The van der Waals surface area contributed by atoms with Gasteiger partial charge >= 0.3 is 29.2 Å². The van der Waals surface area contributed by atoms with E-state index >= 15 is 4.39 Å². The van der Waals surface area contributed by atoms with Gasteiger partial charge in [-0.25, -0.2) is 27.3 Å². The number of aliphatic hydroxyl groups excluding tert-OH is 1. The van der Waals surface area contributed by atoms with Gasteiger partial charge in [0.05, 0.1) is 6.61 Å². The van der Waals surface area contributed by atoms with Crippen molar-refractivity contribution in [1.82, 2.24) is 9.55 Å². The number of aliphatic hydroxyl groups is 1. The second kappa shape index (κ2) is 10.2. The van der Waals surface area contributed by atoms with Crippen molar-refractivity contribution in [2.45, 2.75) is 31.0 Å². The smallest absolute Gasteiger partial charge is 0.386 e. The average molecular weight is 556 g/mol. The average Bonchev–Trinajstić information content (AvgIpc) is 2.86. The summed E-state index contributed by atoms with van der Waals surface area (Å²) in [5.74, 6) is 3.45. The highest BCUT2D eigenvalue weighted by molar-refractivity contribution is 7.66. The molecule has 4 unspecified atom stereocenters. The number of aryl methyl sites for hydroxylation is 1. The first-order valence-corrected chi connectivity index (χ1v) is 13.1. The van der Waals surface area contributed by atoms with Crippen molar-refractivity contribution in [3.63, 3.8) is 0 Å². The Labute approximate surface area is 187 Å². The normalized spacial score (nSPS) is 28.5. The zero-order valence-electron chi connectivity index (χ0n) is 16.7. The number of halogens is 2. The number of phosphoric ester groups is 1. The van der Waals surface area contributed by atoms with Gasteiger partial charge in [-0.2, -0.15) is 8.62 Å². The third-order valence-corrected chi connectivity index (χ3v) is 7.82. The third-order valence-electron chi connectivity index (χ3n) is 4.01. The van der Waals surface area contributed by atoms with Crippen LogP contribution in [0.5, 0.6) is 0 Å². The van der Waals surface area contributed by atoms with Gasteiger partial charge in [-0.15, -0.1) is 0 Å². The van der Waals surface area contributed by atoms with Gasteiger partial charge in [-0.1, -0.05) is 11.8 Å². The minimum Gasteiger partial charge on any atom is -0.386 e. The van der Waals surface area contributed by atoms with E-state index in [0.29, 0.717) is 4.57 Å². The Morgan fingerprint density at radius 3 is 2.35 bits per heavy atom. The van der Waals surface area contributed by atoms with Crippen LogP contribution >= 0.6 is 23.5 Å². The van der Waals surface area contributed by atoms with Crippen LogP contribution in [0.1, 0.15) is 11.9 Å². The van der Waals surface area contributed by atoms with Gasteiger partial charge in [0.2, 0.25) is 5.67 Å². The molecule has 1 saturated heterocycles. The van der Waals surface area contributed by atoms with Crippen molar-refractivity contribution in [3.05, 3.63) is 32.6 Å². The van der Waals surface area contributed by atoms with Crippen LogP contribution in [0.4, 0.5) is 8.78 Å². The highest BCUT2D eigenvalue weighted by Gasteiger charge is 2.59. The second-order valence-electron chi connectivity index (χ2n) is 6.51. The molecule has 2 rings (SSSR count). The molecule has 1 aromatic rings. The quantitative estimate of drug-likeness (QED) is 0.168. The molecule has 1 aromatic heterocycles. The van der Waals surface area contributed by atoms with E-state index in [0.717, 1.165) is 6.07 Å². The molecule has 0 bridgehead atoms. The van der Waals surface area contributed by atoms with Gasteiger partial charge in [0, 0.05) is 11.8 Å². The number of rotatable bonds is 8. The van der Waals surface area contributed by atoms with Gasteiger partial charge in [-0.05, 0) is 6.92 Å². The number of alkyl halides is 2. The van der Waals surface area contributed by atoms with Crippen molar-refractivity contribution >= 4 is 23.5 Å². The highest BCUT2D eigenvalue weighted by Crippen LogP contribution is 2.66. The number of phosphoric acid groups is 3. The van der Waals surface area contributed by atoms with Crippen molar-refractivity contribution in [1.29, 1.82) is 0 Å². The Bertz CT molecular complexity index is 1250. The molecule has 34 heavy (non-hydrogen) atoms. The number of H-pyrrole nitrogens is 1. The minimum absolute atomic E-state index is 0.177. The zero-order valence-corrected chi connectivity index (χ0v) is 19.4. The largest absolute Gasteiger partial charge is 0.490 e. The molecule has 192 valence electrons. The summed E-state index contributed by atoms with van der Waals surface area (Å²) in [5, 5.41) is 10.3. The highest BCUT2D eigenvalue weighted by atomic mass is 31.3. The van der Waals surface area contributed by atoms with E-state index in [-0.39, 0.29) is 5.69 Å². The molecule has 2 heterocycles. The molecule has 0 aliphatic carbocycles. The summed E-state index contributed by atoms with van der Waals surface area (Å²) in [6, 6.07) is 0.861. The molecule has 6 atom stereocenters. The van der Waals surface area contributed by atoms with E-state index in [1.807, 2.05) is 4.98 Å². The number of nitrogens with one attached hydrogen (secondary N) is 1. The maximum atomic E-state index is 15.7. The van der Waals surface area contributed by atoms with E-state index in [1.165, 1.54) is 6.92 Å². The minimum atomic E-state index is -5.85. The summed E-state index contributed by atoms with van der Waals surface area (Å²) in [5.41, 5.74) is -5.48. The van der Waals surface area contributed by atoms with Crippen LogP contribution in [0, 0.1) is 18.8 Å². The lowest BCUT2D eigenvalue weighted by Gasteiger charge is -2.25. The van der Waals surface area contributed by atoms with Crippen LogP contribution in [-0.2, 0) is 31.6 Å². The van der Waals surface area contributed by atoms with Crippen LogP contribution in [0.15, 0.2) is 15.7 Å². The Hall–Kier alpha value is -1.57. The maximum Gasteiger partial charge on any atom is 0.490 e. The van der Waals surface area contributed by atoms with Gasteiger partial charge in [0.1, 0.15) is 18.9 Å². The first-order valence-electron chi connectivity index (χ1n) is 8.60. The number of aromatic nitrogens is 2. The van der Waals surface area contributed by atoms with Crippen molar-refractivity contribution in [3.8, 4) is 11.8 Å². The fraction of sp³-hybridized carbons (Fsp3) is 0.538. The SMILES string of the molecule is Cc1cc(=O)[nH]c(=O)n1[C@@H]1OC(COP(=O)(O)OP(=O)(O)OP(=O)(O)O)C(O)[C@]1(F)C#CCF. The summed E-state index contributed by atoms with van der Waals surface area (Å²) in [6.45, 7) is -1.48. The maximum absolute atomic E-state index is 15.7. The second-order valence-corrected chi connectivity index (χ2v) is 10.9. The summed E-state index contributed by atoms with van der Waals surface area (Å²) >= 11 is 0. The van der Waals surface area contributed by atoms with Crippen LogP contribution in [-0.4, -0.2) is 65.4 Å². The molecule has 0 radical (unpaired) electrons. The molecule has 0 saturated carbocycles. The van der Waals surface area contributed by atoms with E-state index < -0.39 is 72.1 Å². The predicted molar refractivity (Wildman–Crippen MR) is 103 cm³/mol. The first kappa shape index (κ1) is 28.7. The summed E-state index contributed by atoms with van der Waals surface area (Å²) < 4.78 is 79.1. The summed E-state index contributed by atoms with van der Waals surface area (Å²) in [4.78, 5) is 61.1. The van der Waals surface area contributed by atoms with Gasteiger partial charge in [-0.3, -0.25) is 18.9 Å². The van der Waals surface area contributed by atoms with Crippen molar-refractivity contribution in [2.75, 3.05) is 13.3 Å². The molecule has 0 spiro atoms. The molecular formula is C13H17F2N2O14P3. The number of nitrogens with zero attached hydrogens (tertiary/aromatic N) is 1. The molecule has 6 N–H and O–H groups in total. The number of hydrogen-bond acceptors (Lipinski definition) is 10. The first-order chi connectivity index (χ1) is 15.4. The Morgan fingerprint density at radius 1 is 1.21 bits per heavy atom. The van der Waals surface area contributed by atoms with E-state index in [1.54, 1.807) is 11.8 Å². The fourth-order valence-corrected chi connectivity index (χ4v) is 5.85. The summed E-state index contributed by atoms with van der Waals surface area (Å²) in [7, 11) is -17.2. The lowest BCUT2D eigenvalue weighted by molar-refractivity contribution is -0.0544. The number of aromatic amines is 1. The molecule has 1 fully saturated rings. The third kappa shape index (κ3) is 6.98. The van der Waals surface area contributed by atoms with Gasteiger partial charge in [0.15, 0.2) is 6.23 Å². The van der Waals surface area contributed by atoms with Gasteiger partial charge in [0.25, 0.3) is 5.56 Å². The molecule has 21 heteroatoms. The zero-order chi connectivity index (χ0) is 26.1. The molecule has 16 nitrogen and oxygen atoms in total. The topological polar surface area (TPSA) is 244 Å². The van der Waals surface area contributed by atoms with Crippen molar-refractivity contribution < 1.29 is 65.0 Å². The number of ether oxygens (including phenoxy) is 1.